The molecule has 0 aliphatic carbocycles. The topological polar surface area (TPSA) is 35.5 Å². The van der Waals surface area contributed by atoms with Crippen molar-refractivity contribution in [1.29, 1.82) is 0 Å². The summed E-state index contributed by atoms with van der Waals surface area (Å²) in [7, 11) is 2.13. The molecule has 0 aliphatic heterocycles. The van der Waals surface area contributed by atoms with Crippen molar-refractivity contribution in [3.8, 4) is 0 Å². The number of aliphatic hydroxyl groups is 1. The molecule has 3 nitrogen and oxygen atoms in total. The summed E-state index contributed by atoms with van der Waals surface area (Å²) in [6.45, 7) is 12.8. The molecule has 0 heterocycles. The molecular formula is C17H30N2O. The van der Waals surface area contributed by atoms with Crippen molar-refractivity contribution in [2.45, 2.75) is 46.6 Å². The van der Waals surface area contributed by atoms with E-state index in [4.69, 9.17) is 5.11 Å². The molecule has 0 bridgehead atoms. The van der Waals surface area contributed by atoms with Crippen LogP contribution in [0.1, 0.15) is 37.5 Å². The minimum absolute atomic E-state index is 0.00355. The lowest BCUT2D eigenvalue weighted by molar-refractivity contribution is 0.265. The monoisotopic (exact) mass is 278 g/mol. The summed E-state index contributed by atoms with van der Waals surface area (Å²) >= 11 is 0. The molecule has 114 valence electrons. The fourth-order valence-corrected chi connectivity index (χ4v) is 2.55. The molecule has 1 aromatic rings. The fraction of sp³-hybridized carbons (Fsp3) is 0.647. The van der Waals surface area contributed by atoms with Crippen molar-refractivity contribution < 1.29 is 5.11 Å². The molecule has 0 saturated carbocycles. The first kappa shape index (κ1) is 17.0. The maximum atomic E-state index is 8.96. The first-order chi connectivity index (χ1) is 9.30. The quantitative estimate of drug-likeness (QED) is 0.805. The van der Waals surface area contributed by atoms with E-state index in [0.29, 0.717) is 6.54 Å². The third kappa shape index (κ3) is 4.50. The van der Waals surface area contributed by atoms with Gasteiger partial charge in [0.05, 0.1) is 6.61 Å². The van der Waals surface area contributed by atoms with Crippen LogP contribution < -0.4 is 10.2 Å². The van der Waals surface area contributed by atoms with Crippen LogP contribution in [0.25, 0.3) is 0 Å². The summed E-state index contributed by atoms with van der Waals surface area (Å²) in [5.74, 6) is 0. The summed E-state index contributed by atoms with van der Waals surface area (Å²) < 4.78 is 0. The van der Waals surface area contributed by atoms with E-state index >= 15 is 0 Å². The van der Waals surface area contributed by atoms with Gasteiger partial charge in [0.2, 0.25) is 0 Å². The average Bonchev–Trinajstić information content (AvgIpc) is 2.39. The van der Waals surface area contributed by atoms with Crippen LogP contribution in [-0.2, 0) is 6.42 Å². The second kappa shape index (κ2) is 7.09. The van der Waals surface area contributed by atoms with E-state index in [9.17, 15) is 0 Å². The van der Waals surface area contributed by atoms with Gasteiger partial charge in [-0.05, 0) is 69.9 Å². The van der Waals surface area contributed by atoms with Gasteiger partial charge in [0.15, 0.2) is 0 Å². The predicted octanol–water partition coefficient (Wildman–Crippen LogP) is 2.66. The van der Waals surface area contributed by atoms with Crippen molar-refractivity contribution in [3.63, 3.8) is 0 Å². The first-order valence-electron chi connectivity index (χ1n) is 7.48. The van der Waals surface area contributed by atoms with Gasteiger partial charge in [0, 0.05) is 31.4 Å². The second-order valence-electron chi connectivity index (χ2n) is 6.28. The van der Waals surface area contributed by atoms with E-state index in [1.165, 1.54) is 22.4 Å². The molecule has 0 atom stereocenters. The fourth-order valence-electron chi connectivity index (χ4n) is 2.55. The third-order valence-corrected chi connectivity index (χ3v) is 3.93. The number of hydrogen-bond donors (Lipinski definition) is 2. The van der Waals surface area contributed by atoms with Crippen LogP contribution in [0.5, 0.6) is 0 Å². The molecular weight excluding hydrogens is 248 g/mol. The number of aliphatic hydroxyl groups excluding tert-OH is 1. The Balaban J connectivity index is 2.96. The average molecular weight is 278 g/mol. The summed E-state index contributed by atoms with van der Waals surface area (Å²) in [5.41, 5.74) is 5.38. The molecule has 0 unspecified atom stereocenters. The van der Waals surface area contributed by atoms with Crippen molar-refractivity contribution in [1.82, 2.24) is 5.32 Å². The van der Waals surface area contributed by atoms with E-state index in [1.54, 1.807) is 0 Å². The highest BCUT2D eigenvalue weighted by Crippen LogP contribution is 2.25. The number of aryl methyl sites for hydroxylation is 2. The normalized spacial score (nSPS) is 11.8. The molecule has 0 radical (unpaired) electrons. The zero-order chi connectivity index (χ0) is 15.3. The Morgan fingerprint density at radius 3 is 2.20 bits per heavy atom. The van der Waals surface area contributed by atoms with Crippen molar-refractivity contribution in [2.75, 3.05) is 31.6 Å². The number of benzene rings is 1. The lowest BCUT2D eigenvalue weighted by Gasteiger charge is -2.29. The van der Waals surface area contributed by atoms with Crippen molar-refractivity contribution in [2.24, 2.45) is 0 Å². The standard InChI is InChI=1S/C17H30N2O/c1-7-19(6)15-10-13(2)16(14(3)11-15)12-17(4,5)18-8-9-20/h10-11,18,20H,7-9,12H2,1-6H3. The molecule has 0 saturated heterocycles. The van der Waals surface area contributed by atoms with Gasteiger partial charge in [-0.15, -0.1) is 0 Å². The van der Waals surface area contributed by atoms with E-state index in [-0.39, 0.29) is 12.1 Å². The zero-order valence-corrected chi connectivity index (χ0v) is 13.9. The minimum Gasteiger partial charge on any atom is -0.395 e. The maximum Gasteiger partial charge on any atom is 0.0556 e. The molecule has 0 aliphatic rings. The number of nitrogens with one attached hydrogen (secondary N) is 1. The summed E-state index contributed by atoms with van der Waals surface area (Å²) in [4.78, 5) is 2.26. The van der Waals surface area contributed by atoms with Crippen LogP contribution in [0.3, 0.4) is 0 Å². The van der Waals surface area contributed by atoms with Crippen LogP contribution in [0.15, 0.2) is 12.1 Å². The smallest absolute Gasteiger partial charge is 0.0556 e. The number of β-amino-alcohol motifs (C(OH)–C–C–N with tert-alkyl or cyclic N) is 1. The van der Waals surface area contributed by atoms with Gasteiger partial charge >= 0.3 is 0 Å². The van der Waals surface area contributed by atoms with Gasteiger partial charge in [-0.3, -0.25) is 0 Å². The van der Waals surface area contributed by atoms with Crippen LogP contribution >= 0.6 is 0 Å². The Kier molecular flexibility index (Phi) is 6.03. The number of nitrogens with zero attached hydrogens (tertiary/aromatic N) is 1. The van der Waals surface area contributed by atoms with E-state index in [0.717, 1.165) is 13.0 Å². The van der Waals surface area contributed by atoms with Gasteiger partial charge in [0.1, 0.15) is 0 Å². The predicted molar refractivity (Wildman–Crippen MR) is 87.7 cm³/mol. The van der Waals surface area contributed by atoms with Gasteiger partial charge in [-0.2, -0.15) is 0 Å². The third-order valence-electron chi connectivity index (χ3n) is 3.93. The molecule has 0 fully saturated rings. The summed E-state index contributed by atoms with van der Waals surface area (Å²) in [6.07, 6.45) is 0.973. The van der Waals surface area contributed by atoms with Crippen LogP contribution in [0.4, 0.5) is 5.69 Å². The molecule has 3 heteroatoms. The Morgan fingerprint density at radius 1 is 1.20 bits per heavy atom. The summed E-state index contributed by atoms with van der Waals surface area (Å²) in [5, 5.41) is 12.4. The summed E-state index contributed by atoms with van der Waals surface area (Å²) in [6, 6.07) is 4.54. The molecule has 0 amide bonds. The van der Waals surface area contributed by atoms with Gasteiger partial charge in [-0.25, -0.2) is 0 Å². The minimum atomic E-state index is -0.00355. The molecule has 2 N–H and O–H groups in total. The zero-order valence-electron chi connectivity index (χ0n) is 13.9. The highest BCUT2D eigenvalue weighted by molar-refractivity contribution is 5.54. The largest absolute Gasteiger partial charge is 0.395 e. The SMILES string of the molecule is CCN(C)c1cc(C)c(CC(C)(C)NCCO)c(C)c1. The van der Waals surface area contributed by atoms with Gasteiger partial charge in [0.25, 0.3) is 0 Å². The van der Waals surface area contributed by atoms with E-state index in [1.807, 2.05) is 0 Å². The molecule has 20 heavy (non-hydrogen) atoms. The first-order valence-corrected chi connectivity index (χ1v) is 7.48. The molecule has 1 aromatic carbocycles. The Labute approximate surface area is 124 Å². The number of anilines is 1. The van der Waals surface area contributed by atoms with Gasteiger partial charge in [-0.1, -0.05) is 0 Å². The lowest BCUT2D eigenvalue weighted by Crippen LogP contribution is -2.43. The highest BCUT2D eigenvalue weighted by atomic mass is 16.3. The Morgan fingerprint density at radius 2 is 1.75 bits per heavy atom. The van der Waals surface area contributed by atoms with E-state index in [2.05, 4.69) is 64.0 Å². The lowest BCUT2D eigenvalue weighted by atomic mass is 9.89. The second-order valence-corrected chi connectivity index (χ2v) is 6.28. The number of hydrogen-bond acceptors (Lipinski definition) is 3. The van der Waals surface area contributed by atoms with E-state index < -0.39 is 0 Å². The molecule has 1 rings (SSSR count). The molecule has 0 spiro atoms. The Hall–Kier alpha value is -1.06. The molecule has 0 aromatic heterocycles. The highest BCUT2D eigenvalue weighted by Gasteiger charge is 2.20. The Bertz CT molecular complexity index is 418. The maximum absolute atomic E-state index is 8.96. The van der Waals surface area contributed by atoms with Crippen LogP contribution in [-0.4, -0.2) is 37.4 Å². The van der Waals surface area contributed by atoms with Crippen LogP contribution in [0, 0.1) is 13.8 Å². The van der Waals surface area contributed by atoms with Crippen LogP contribution in [0.2, 0.25) is 0 Å². The number of rotatable bonds is 7. The van der Waals surface area contributed by atoms with Crippen molar-refractivity contribution >= 4 is 5.69 Å². The van der Waals surface area contributed by atoms with Gasteiger partial charge < -0.3 is 15.3 Å². The van der Waals surface area contributed by atoms with Crippen molar-refractivity contribution in [3.05, 3.63) is 28.8 Å².